The van der Waals surface area contributed by atoms with E-state index in [2.05, 4.69) is 17.0 Å². The SMILES string of the molecule is CCC(C)(CCn1cncn1)C(O)COc1ccc(Cl)cc1Cl. The molecule has 2 unspecified atom stereocenters. The quantitative estimate of drug-likeness (QED) is 0.779. The Balaban J connectivity index is 1.94. The van der Waals surface area contributed by atoms with Crippen molar-refractivity contribution in [3.63, 3.8) is 0 Å². The van der Waals surface area contributed by atoms with Gasteiger partial charge in [0.15, 0.2) is 0 Å². The summed E-state index contributed by atoms with van der Waals surface area (Å²) >= 11 is 11.9. The van der Waals surface area contributed by atoms with Crippen LogP contribution in [0.1, 0.15) is 26.7 Å². The molecule has 0 radical (unpaired) electrons. The number of rotatable bonds is 8. The van der Waals surface area contributed by atoms with Crippen LogP contribution in [-0.4, -0.2) is 32.6 Å². The second kappa shape index (κ2) is 7.99. The van der Waals surface area contributed by atoms with E-state index >= 15 is 0 Å². The van der Waals surface area contributed by atoms with Crippen LogP contribution in [0.3, 0.4) is 0 Å². The molecule has 2 atom stereocenters. The molecule has 0 saturated carbocycles. The Labute approximate surface area is 146 Å². The molecule has 7 heteroatoms. The Hall–Kier alpha value is -1.30. The van der Waals surface area contributed by atoms with Gasteiger partial charge >= 0.3 is 0 Å². The predicted octanol–water partition coefficient (Wildman–Crippen LogP) is 3.83. The standard InChI is InChI=1S/C16H21Cl2N3O2/c1-3-16(2,6-7-21-11-19-10-20-21)15(22)9-23-14-5-4-12(17)8-13(14)18/h4-5,8,10-11,15,22H,3,6-7,9H2,1-2H3. The molecule has 0 bridgehead atoms. The topological polar surface area (TPSA) is 60.2 Å². The van der Waals surface area contributed by atoms with Crippen molar-refractivity contribution in [2.45, 2.75) is 39.3 Å². The van der Waals surface area contributed by atoms with Crippen molar-refractivity contribution in [3.8, 4) is 5.75 Å². The Bertz CT molecular complexity index is 622. The predicted molar refractivity (Wildman–Crippen MR) is 91.0 cm³/mol. The van der Waals surface area contributed by atoms with Gasteiger partial charge in [0.2, 0.25) is 0 Å². The first-order chi connectivity index (χ1) is 10.9. The zero-order valence-electron chi connectivity index (χ0n) is 13.2. The maximum atomic E-state index is 10.6. The summed E-state index contributed by atoms with van der Waals surface area (Å²) < 4.78 is 7.42. The summed E-state index contributed by atoms with van der Waals surface area (Å²) in [7, 11) is 0. The first kappa shape index (κ1) is 18.0. The van der Waals surface area contributed by atoms with Crippen LogP contribution >= 0.6 is 23.2 Å². The Morgan fingerprint density at radius 1 is 1.39 bits per heavy atom. The second-order valence-corrected chi connectivity index (χ2v) is 6.66. The van der Waals surface area contributed by atoms with Gasteiger partial charge in [0, 0.05) is 11.6 Å². The number of hydrogen-bond acceptors (Lipinski definition) is 4. The molecule has 0 amide bonds. The van der Waals surface area contributed by atoms with Gasteiger partial charge in [-0.25, -0.2) is 4.98 Å². The van der Waals surface area contributed by atoms with Gasteiger partial charge in [0.05, 0.1) is 11.1 Å². The van der Waals surface area contributed by atoms with Crippen LogP contribution in [-0.2, 0) is 6.54 Å². The number of aromatic nitrogens is 3. The highest BCUT2D eigenvalue weighted by Gasteiger charge is 2.31. The van der Waals surface area contributed by atoms with Crippen LogP contribution in [0.25, 0.3) is 0 Å². The lowest BCUT2D eigenvalue weighted by Crippen LogP contribution is -2.37. The van der Waals surface area contributed by atoms with Gasteiger partial charge < -0.3 is 9.84 Å². The highest BCUT2D eigenvalue weighted by molar-refractivity contribution is 6.35. The smallest absolute Gasteiger partial charge is 0.138 e. The van der Waals surface area contributed by atoms with Crippen molar-refractivity contribution >= 4 is 23.2 Å². The molecule has 5 nitrogen and oxygen atoms in total. The fraction of sp³-hybridized carbons (Fsp3) is 0.500. The molecule has 0 fully saturated rings. The van der Waals surface area contributed by atoms with Gasteiger partial charge in [0.1, 0.15) is 25.0 Å². The Kier molecular flexibility index (Phi) is 6.27. The Morgan fingerprint density at radius 2 is 2.17 bits per heavy atom. The third-order valence-electron chi connectivity index (χ3n) is 4.28. The van der Waals surface area contributed by atoms with Gasteiger partial charge in [0.25, 0.3) is 0 Å². The van der Waals surface area contributed by atoms with Crippen LogP contribution < -0.4 is 4.74 Å². The van der Waals surface area contributed by atoms with E-state index in [1.807, 2.05) is 6.92 Å². The number of nitrogens with zero attached hydrogens (tertiary/aromatic N) is 3. The van der Waals surface area contributed by atoms with E-state index in [0.717, 1.165) is 12.8 Å². The minimum absolute atomic E-state index is 0.170. The maximum Gasteiger partial charge on any atom is 0.138 e. The van der Waals surface area contributed by atoms with E-state index in [9.17, 15) is 5.11 Å². The molecule has 2 aromatic rings. The van der Waals surface area contributed by atoms with Crippen molar-refractivity contribution < 1.29 is 9.84 Å². The van der Waals surface area contributed by atoms with E-state index in [-0.39, 0.29) is 12.0 Å². The zero-order valence-corrected chi connectivity index (χ0v) is 14.8. The van der Waals surface area contributed by atoms with Gasteiger partial charge in [-0.15, -0.1) is 0 Å². The largest absolute Gasteiger partial charge is 0.489 e. The van der Waals surface area contributed by atoms with Crippen LogP contribution in [0.5, 0.6) is 5.75 Å². The number of benzene rings is 1. The minimum Gasteiger partial charge on any atom is -0.489 e. The van der Waals surface area contributed by atoms with Crippen molar-refractivity contribution in [2.24, 2.45) is 5.41 Å². The maximum absolute atomic E-state index is 10.6. The second-order valence-electron chi connectivity index (χ2n) is 5.82. The molecular weight excluding hydrogens is 337 g/mol. The zero-order chi connectivity index (χ0) is 16.9. The molecule has 126 valence electrons. The van der Waals surface area contributed by atoms with Gasteiger partial charge in [-0.2, -0.15) is 5.10 Å². The molecule has 1 aromatic heterocycles. The highest BCUT2D eigenvalue weighted by atomic mass is 35.5. The summed E-state index contributed by atoms with van der Waals surface area (Å²) in [6.45, 7) is 4.97. The summed E-state index contributed by atoms with van der Waals surface area (Å²) in [6.07, 6.45) is 4.15. The van der Waals surface area contributed by atoms with Crippen molar-refractivity contribution in [1.82, 2.24) is 14.8 Å². The van der Waals surface area contributed by atoms with E-state index < -0.39 is 6.10 Å². The van der Waals surface area contributed by atoms with E-state index in [0.29, 0.717) is 22.3 Å². The molecular formula is C16H21Cl2N3O2. The molecule has 0 saturated heterocycles. The summed E-state index contributed by atoms with van der Waals surface area (Å²) in [5.41, 5.74) is -0.287. The monoisotopic (exact) mass is 357 g/mol. The third kappa shape index (κ3) is 4.83. The average molecular weight is 358 g/mol. The van der Waals surface area contributed by atoms with Crippen LogP contribution in [0.4, 0.5) is 0 Å². The fourth-order valence-electron chi connectivity index (χ4n) is 2.26. The fourth-order valence-corrected chi connectivity index (χ4v) is 2.72. The highest BCUT2D eigenvalue weighted by Crippen LogP contribution is 2.33. The summed E-state index contributed by atoms with van der Waals surface area (Å²) in [5, 5.41) is 15.6. The summed E-state index contributed by atoms with van der Waals surface area (Å²) in [4.78, 5) is 3.93. The number of aryl methyl sites for hydroxylation is 1. The third-order valence-corrected chi connectivity index (χ3v) is 4.81. The molecule has 0 aliphatic heterocycles. The van der Waals surface area contributed by atoms with Crippen LogP contribution in [0.15, 0.2) is 30.9 Å². The normalized spacial score (nSPS) is 15.2. The number of aliphatic hydroxyl groups excluding tert-OH is 1. The molecule has 2 rings (SSSR count). The lowest BCUT2D eigenvalue weighted by Gasteiger charge is -2.33. The van der Waals surface area contributed by atoms with Crippen LogP contribution in [0.2, 0.25) is 10.0 Å². The van der Waals surface area contributed by atoms with Crippen molar-refractivity contribution in [1.29, 1.82) is 0 Å². The Morgan fingerprint density at radius 3 is 2.78 bits per heavy atom. The van der Waals surface area contributed by atoms with Gasteiger partial charge in [-0.05, 0) is 36.5 Å². The molecule has 1 N–H and O–H groups in total. The van der Waals surface area contributed by atoms with E-state index in [4.69, 9.17) is 27.9 Å². The average Bonchev–Trinajstić information content (AvgIpc) is 3.05. The molecule has 23 heavy (non-hydrogen) atoms. The van der Waals surface area contributed by atoms with Crippen molar-refractivity contribution in [2.75, 3.05) is 6.61 Å². The first-order valence-electron chi connectivity index (χ1n) is 7.53. The molecule has 1 aromatic carbocycles. The molecule has 0 spiro atoms. The number of hydrogen-bond donors (Lipinski definition) is 1. The summed E-state index contributed by atoms with van der Waals surface area (Å²) in [5.74, 6) is 0.518. The minimum atomic E-state index is -0.622. The lowest BCUT2D eigenvalue weighted by molar-refractivity contribution is -0.00873. The van der Waals surface area contributed by atoms with E-state index in [1.54, 1.807) is 29.2 Å². The molecule has 0 aliphatic rings. The molecule has 1 heterocycles. The number of halogens is 2. The van der Waals surface area contributed by atoms with E-state index in [1.165, 1.54) is 6.33 Å². The van der Waals surface area contributed by atoms with Crippen LogP contribution in [0, 0.1) is 5.41 Å². The number of ether oxygens (including phenoxy) is 1. The van der Waals surface area contributed by atoms with Crippen molar-refractivity contribution in [3.05, 3.63) is 40.9 Å². The first-order valence-corrected chi connectivity index (χ1v) is 8.28. The molecule has 0 aliphatic carbocycles. The van der Waals surface area contributed by atoms with Gasteiger partial charge in [-0.3, -0.25) is 4.68 Å². The summed E-state index contributed by atoms with van der Waals surface area (Å²) in [6, 6.07) is 5.03. The lowest BCUT2D eigenvalue weighted by atomic mass is 9.78. The van der Waals surface area contributed by atoms with Gasteiger partial charge in [-0.1, -0.05) is 37.0 Å². The number of aliphatic hydroxyl groups is 1.